The van der Waals surface area contributed by atoms with Crippen LogP contribution in [0, 0.1) is 6.92 Å². The van der Waals surface area contributed by atoms with E-state index in [-0.39, 0.29) is 5.91 Å². The third-order valence-corrected chi connectivity index (χ3v) is 1.64. The normalized spacial score (nSPS) is 9.69. The maximum Gasteiger partial charge on any atom is 0.226 e. The van der Waals surface area contributed by atoms with Crippen LogP contribution >= 0.6 is 0 Å². The van der Waals surface area contributed by atoms with Gasteiger partial charge in [-0.1, -0.05) is 6.07 Å². The molecule has 0 aliphatic heterocycles. The van der Waals surface area contributed by atoms with Crippen LogP contribution in [-0.2, 0) is 4.79 Å². The number of hydrogen-bond donors (Lipinski definition) is 2. The highest BCUT2D eigenvalue weighted by Crippen LogP contribution is 2.08. The first-order valence-electron chi connectivity index (χ1n) is 4.15. The second kappa shape index (κ2) is 4.57. The van der Waals surface area contributed by atoms with Gasteiger partial charge in [-0.3, -0.25) is 4.79 Å². The Labute approximate surface area is 77.2 Å². The lowest BCUT2D eigenvalue weighted by Crippen LogP contribution is -2.17. The number of nitrogens with zero attached hydrogens (tertiary/aromatic N) is 1. The summed E-state index contributed by atoms with van der Waals surface area (Å²) in [6.45, 7) is 2.25. The Morgan fingerprint density at radius 1 is 1.69 bits per heavy atom. The number of anilines is 1. The molecule has 0 bridgehead atoms. The van der Waals surface area contributed by atoms with E-state index in [1.807, 2.05) is 19.1 Å². The van der Waals surface area contributed by atoms with Crippen LogP contribution in [0.4, 0.5) is 5.82 Å². The molecule has 0 aliphatic rings. The molecule has 1 heterocycles. The first kappa shape index (κ1) is 9.67. The second-order valence-corrected chi connectivity index (χ2v) is 2.76. The minimum absolute atomic E-state index is 0.0932. The quantitative estimate of drug-likeness (QED) is 0.716. The van der Waals surface area contributed by atoms with Gasteiger partial charge in [0.05, 0.1) is 0 Å². The van der Waals surface area contributed by atoms with Gasteiger partial charge in [0.15, 0.2) is 0 Å². The van der Waals surface area contributed by atoms with E-state index in [9.17, 15) is 4.79 Å². The number of hydrogen-bond acceptors (Lipinski definition) is 3. The molecule has 1 rings (SSSR count). The van der Waals surface area contributed by atoms with Crippen molar-refractivity contribution in [2.75, 3.05) is 11.9 Å². The number of amides is 1. The summed E-state index contributed by atoms with van der Waals surface area (Å²) < 4.78 is 0. The number of aromatic nitrogens is 1. The van der Waals surface area contributed by atoms with Crippen LogP contribution in [0.2, 0.25) is 0 Å². The van der Waals surface area contributed by atoms with Gasteiger partial charge < -0.3 is 11.1 Å². The van der Waals surface area contributed by atoms with E-state index in [2.05, 4.69) is 10.3 Å². The highest BCUT2D eigenvalue weighted by molar-refractivity contribution is 5.90. The molecule has 0 radical (unpaired) electrons. The largest absolute Gasteiger partial charge is 0.330 e. The molecule has 13 heavy (non-hydrogen) atoms. The minimum atomic E-state index is -0.0932. The molecule has 4 heteroatoms. The number of pyridine rings is 1. The predicted octanol–water partition coefficient (Wildman–Crippen LogP) is 0.677. The van der Waals surface area contributed by atoms with E-state index in [1.165, 1.54) is 0 Å². The molecule has 0 aliphatic carbocycles. The Kier molecular flexibility index (Phi) is 3.40. The van der Waals surface area contributed by atoms with Crippen molar-refractivity contribution in [3.05, 3.63) is 23.9 Å². The second-order valence-electron chi connectivity index (χ2n) is 2.76. The fourth-order valence-corrected chi connectivity index (χ4v) is 0.942. The molecule has 0 saturated carbocycles. The average Bonchev–Trinajstić information content (AvgIpc) is 2.09. The number of nitrogens with one attached hydrogen (secondary N) is 1. The monoisotopic (exact) mass is 179 g/mol. The van der Waals surface area contributed by atoms with E-state index in [1.54, 1.807) is 6.20 Å². The van der Waals surface area contributed by atoms with Crippen LogP contribution in [0.3, 0.4) is 0 Å². The summed E-state index contributed by atoms with van der Waals surface area (Å²) in [5.41, 5.74) is 6.19. The zero-order valence-electron chi connectivity index (χ0n) is 7.58. The molecule has 0 unspecified atom stereocenters. The van der Waals surface area contributed by atoms with Gasteiger partial charge in [0, 0.05) is 19.2 Å². The van der Waals surface area contributed by atoms with Crippen LogP contribution < -0.4 is 11.1 Å². The zero-order chi connectivity index (χ0) is 9.68. The van der Waals surface area contributed by atoms with Crippen molar-refractivity contribution in [3.63, 3.8) is 0 Å². The summed E-state index contributed by atoms with van der Waals surface area (Å²) in [5, 5.41) is 2.68. The molecule has 0 aromatic carbocycles. The number of nitrogens with two attached hydrogens (primary N) is 1. The van der Waals surface area contributed by atoms with Crippen LogP contribution in [0.25, 0.3) is 0 Å². The zero-order valence-corrected chi connectivity index (χ0v) is 7.58. The summed E-state index contributed by atoms with van der Waals surface area (Å²) in [7, 11) is 0. The van der Waals surface area contributed by atoms with Crippen molar-refractivity contribution < 1.29 is 4.79 Å². The molecule has 0 fully saturated rings. The van der Waals surface area contributed by atoms with Gasteiger partial charge >= 0.3 is 0 Å². The Hall–Kier alpha value is -1.42. The maximum absolute atomic E-state index is 11.1. The van der Waals surface area contributed by atoms with Crippen molar-refractivity contribution in [2.24, 2.45) is 5.73 Å². The van der Waals surface area contributed by atoms with Gasteiger partial charge in [0.1, 0.15) is 5.82 Å². The van der Waals surface area contributed by atoms with Crippen LogP contribution in [-0.4, -0.2) is 17.4 Å². The van der Waals surface area contributed by atoms with Gasteiger partial charge in [0.2, 0.25) is 5.91 Å². The summed E-state index contributed by atoms with van der Waals surface area (Å²) in [5.74, 6) is 0.519. The van der Waals surface area contributed by atoms with E-state index in [0.717, 1.165) is 5.56 Å². The Bertz CT molecular complexity index is 299. The van der Waals surface area contributed by atoms with Gasteiger partial charge in [0.25, 0.3) is 0 Å². The van der Waals surface area contributed by atoms with E-state index >= 15 is 0 Å². The SMILES string of the molecule is Cc1cccnc1NC(=O)CCN. The smallest absolute Gasteiger partial charge is 0.226 e. The fraction of sp³-hybridized carbons (Fsp3) is 0.333. The first-order chi connectivity index (χ1) is 6.24. The molecule has 1 aromatic heterocycles. The van der Waals surface area contributed by atoms with Gasteiger partial charge in [-0.2, -0.15) is 0 Å². The molecule has 70 valence electrons. The van der Waals surface area contributed by atoms with E-state index in [4.69, 9.17) is 5.73 Å². The van der Waals surface area contributed by atoms with Crippen molar-refractivity contribution in [3.8, 4) is 0 Å². The highest BCUT2D eigenvalue weighted by Gasteiger charge is 2.03. The molecule has 0 spiro atoms. The lowest BCUT2D eigenvalue weighted by Gasteiger charge is -2.05. The topological polar surface area (TPSA) is 68.0 Å². The fourth-order valence-electron chi connectivity index (χ4n) is 0.942. The maximum atomic E-state index is 11.1. The lowest BCUT2D eigenvalue weighted by atomic mass is 10.3. The molecular formula is C9H13N3O. The summed E-state index contributed by atoms with van der Waals surface area (Å²) >= 11 is 0. The van der Waals surface area contributed by atoms with Crippen LogP contribution in [0.1, 0.15) is 12.0 Å². The number of rotatable bonds is 3. The Morgan fingerprint density at radius 2 is 2.46 bits per heavy atom. The van der Waals surface area contributed by atoms with Crippen LogP contribution in [0.15, 0.2) is 18.3 Å². The van der Waals surface area contributed by atoms with Crippen molar-refractivity contribution in [1.82, 2.24) is 4.98 Å². The lowest BCUT2D eigenvalue weighted by molar-refractivity contribution is -0.116. The predicted molar refractivity (Wildman–Crippen MR) is 51.3 cm³/mol. The average molecular weight is 179 g/mol. The standard InChI is InChI=1S/C9H13N3O/c1-7-3-2-6-11-9(7)12-8(13)4-5-10/h2-3,6H,4-5,10H2,1H3,(H,11,12,13). The molecule has 4 nitrogen and oxygen atoms in total. The van der Waals surface area contributed by atoms with Crippen molar-refractivity contribution >= 4 is 11.7 Å². The molecule has 1 aromatic rings. The van der Waals surface area contributed by atoms with Crippen molar-refractivity contribution in [2.45, 2.75) is 13.3 Å². The Morgan fingerprint density at radius 3 is 3.08 bits per heavy atom. The van der Waals surface area contributed by atoms with Gasteiger partial charge in [-0.05, 0) is 18.6 Å². The Balaban J connectivity index is 2.63. The third kappa shape index (κ3) is 2.83. The first-order valence-corrected chi connectivity index (χ1v) is 4.15. The third-order valence-electron chi connectivity index (χ3n) is 1.64. The highest BCUT2D eigenvalue weighted by atomic mass is 16.1. The number of carbonyl (C=O) groups is 1. The van der Waals surface area contributed by atoms with Crippen LogP contribution in [0.5, 0.6) is 0 Å². The van der Waals surface area contributed by atoms with Gasteiger partial charge in [-0.25, -0.2) is 4.98 Å². The molecular weight excluding hydrogens is 166 g/mol. The molecule has 0 atom stereocenters. The molecule has 1 amide bonds. The summed E-state index contributed by atoms with van der Waals surface area (Å²) in [4.78, 5) is 15.2. The molecule has 0 saturated heterocycles. The molecule has 3 N–H and O–H groups in total. The minimum Gasteiger partial charge on any atom is -0.330 e. The summed E-state index contributed by atoms with van der Waals surface area (Å²) in [6.07, 6.45) is 1.97. The number of carbonyl (C=O) groups excluding carboxylic acids is 1. The number of aryl methyl sites for hydroxylation is 1. The van der Waals surface area contributed by atoms with Gasteiger partial charge in [-0.15, -0.1) is 0 Å². The van der Waals surface area contributed by atoms with Crippen molar-refractivity contribution in [1.29, 1.82) is 0 Å². The van der Waals surface area contributed by atoms with E-state index < -0.39 is 0 Å². The summed E-state index contributed by atoms with van der Waals surface area (Å²) in [6, 6.07) is 3.72. The van der Waals surface area contributed by atoms with E-state index in [0.29, 0.717) is 18.8 Å².